The van der Waals surface area contributed by atoms with Crippen LogP contribution in [0.4, 0.5) is 0 Å². The minimum atomic E-state index is -1.15. The van der Waals surface area contributed by atoms with E-state index in [1.54, 1.807) is 0 Å². The molecule has 0 aliphatic heterocycles. The Kier molecular flexibility index (Phi) is 18.2. The lowest BCUT2D eigenvalue weighted by Gasteiger charge is -2.21. The third-order valence-electron chi connectivity index (χ3n) is 4.80. The Bertz CT molecular complexity index is 544. The first-order valence-corrected chi connectivity index (χ1v) is 12.3. The predicted octanol–water partition coefficient (Wildman–Crippen LogP) is 2.93. The predicted molar refractivity (Wildman–Crippen MR) is 124 cm³/mol. The van der Waals surface area contributed by atoms with E-state index >= 15 is 0 Å². The van der Waals surface area contributed by atoms with Crippen LogP contribution in [0.3, 0.4) is 0 Å². The lowest BCUT2D eigenvalue weighted by molar-refractivity contribution is -0.138. The Balaban J connectivity index is 4.43. The van der Waals surface area contributed by atoms with Gasteiger partial charge in [-0.2, -0.15) is 0 Å². The molecule has 0 spiro atoms. The lowest BCUT2D eigenvalue weighted by atomic mass is 10.1. The molecule has 0 aliphatic rings. The standard InChI is InChI=1S/C22H40N2O6S/c1-2-3-4-5-6-7-8-9-10-11-12-19(18(25)13-14-20(26)27)31-16-17(23)22(30)24-15-21(28)29/h11-12,17-19,25H,2-10,13-16,23H2,1H3,(H,24,30)(H,26,27)(H,28,29)/b12-11-. The zero-order chi connectivity index (χ0) is 23.5. The van der Waals surface area contributed by atoms with E-state index in [2.05, 4.69) is 12.2 Å². The second kappa shape index (κ2) is 19.1. The molecule has 0 aromatic carbocycles. The quantitative estimate of drug-likeness (QED) is 0.137. The van der Waals surface area contributed by atoms with Crippen molar-refractivity contribution in [3.8, 4) is 0 Å². The zero-order valence-corrected chi connectivity index (χ0v) is 19.4. The van der Waals surface area contributed by atoms with Crippen LogP contribution in [0.1, 0.15) is 77.6 Å². The number of allylic oxidation sites excluding steroid dienone is 1. The number of aliphatic hydroxyl groups is 1. The molecule has 0 aromatic heterocycles. The van der Waals surface area contributed by atoms with E-state index in [1.165, 1.54) is 50.3 Å². The van der Waals surface area contributed by atoms with E-state index in [0.717, 1.165) is 19.3 Å². The molecule has 1 amide bonds. The van der Waals surface area contributed by atoms with Crippen LogP contribution in [0, 0.1) is 0 Å². The van der Waals surface area contributed by atoms with Gasteiger partial charge in [0.1, 0.15) is 6.54 Å². The van der Waals surface area contributed by atoms with Gasteiger partial charge in [-0.3, -0.25) is 14.4 Å². The molecular formula is C22H40N2O6S. The SMILES string of the molecule is CCCCCCCCCC/C=C\C(SCC(N)C(=O)NCC(=O)O)C(O)CCC(=O)O. The van der Waals surface area contributed by atoms with E-state index in [-0.39, 0.29) is 23.8 Å². The molecule has 8 nitrogen and oxygen atoms in total. The number of carboxylic acids is 2. The second-order valence-corrected chi connectivity index (χ2v) is 8.92. The first-order valence-electron chi connectivity index (χ1n) is 11.2. The summed E-state index contributed by atoms with van der Waals surface area (Å²) in [4.78, 5) is 33.1. The van der Waals surface area contributed by atoms with Crippen molar-refractivity contribution >= 4 is 29.6 Å². The van der Waals surface area contributed by atoms with Gasteiger partial charge in [-0.05, 0) is 19.3 Å². The average molecular weight is 461 g/mol. The van der Waals surface area contributed by atoms with E-state index in [9.17, 15) is 19.5 Å². The summed E-state index contributed by atoms with van der Waals surface area (Å²) in [6.07, 6.45) is 13.7. The molecule has 9 heteroatoms. The van der Waals surface area contributed by atoms with Crippen molar-refractivity contribution < 1.29 is 29.7 Å². The van der Waals surface area contributed by atoms with Gasteiger partial charge in [0.15, 0.2) is 0 Å². The van der Waals surface area contributed by atoms with Gasteiger partial charge < -0.3 is 26.4 Å². The fourth-order valence-electron chi connectivity index (χ4n) is 2.94. The highest BCUT2D eigenvalue weighted by molar-refractivity contribution is 8.00. The summed E-state index contributed by atoms with van der Waals surface area (Å²) in [5.74, 6) is -2.52. The molecule has 0 saturated heterocycles. The van der Waals surface area contributed by atoms with Crippen LogP contribution in [-0.4, -0.2) is 62.9 Å². The Labute approximate surface area is 190 Å². The Morgan fingerprint density at radius 1 is 1.00 bits per heavy atom. The van der Waals surface area contributed by atoms with Gasteiger partial charge >= 0.3 is 11.9 Å². The molecule has 0 heterocycles. The van der Waals surface area contributed by atoms with Gasteiger partial charge in [-0.1, -0.05) is 64.0 Å². The second-order valence-electron chi connectivity index (χ2n) is 7.71. The summed E-state index contributed by atoms with van der Waals surface area (Å²) >= 11 is 1.27. The Hall–Kier alpha value is -1.58. The van der Waals surface area contributed by atoms with Gasteiger partial charge in [-0.25, -0.2) is 0 Å². The van der Waals surface area contributed by atoms with Crippen molar-refractivity contribution in [1.29, 1.82) is 0 Å². The summed E-state index contributed by atoms with van der Waals surface area (Å²) in [5.41, 5.74) is 5.80. The molecule has 6 N–H and O–H groups in total. The minimum Gasteiger partial charge on any atom is -0.481 e. The minimum absolute atomic E-state index is 0.107. The molecule has 0 fully saturated rings. The maximum atomic E-state index is 11.8. The molecule has 0 radical (unpaired) electrons. The van der Waals surface area contributed by atoms with E-state index in [0.29, 0.717) is 0 Å². The number of carbonyl (C=O) groups is 3. The summed E-state index contributed by atoms with van der Waals surface area (Å²) in [6, 6.07) is -0.917. The Morgan fingerprint density at radius 2 is 1.61 bits per heavy atom. The summed E-state index contributed by atoms with van der Waals surface area (Å²) in [5, 5.41) is 29.7. The van der Waals surface area contributed by atoms with Gasteiger partial charge in [-0.15, -0.1) is 11.8 Å². The first-order chi connectivity index (χ1) is 14.8. The van der Waals surface area contributed by atoms with Crippen molar-refractivity contribution in [3.63, 3.8) is 0 Å². The highest BCUT2D eigenvalue weighted by atomic mass is 32.2. The molecule has 0 aliphatic carbocycles. The van der Waals surface area contributed by atoms with Gasteiger partial charge in [0.05, 0.1) is 12.1 Å². The number of nitrogens with two attached hydrogens (primary N) is 1. The fraction of sp³-hybridized carbons (Fsp3) is 0.773. The van der Waals surface area contributed by atoms with Crippen LogP contribution in [0.2, 0.25) is 0 Å². The van der Waals surface area contributed by atoms with Crippen LogP contribution in [0.15, 0.2) is 12.2 Å². The maximum absolute atomic E-state index is 11.8. The van der Waals surface area contributed by atoms with Crippen LogP contribution in [0.5, 0.6) is 0 Å². The number of hydrogen-bond donors (Lipinski definition) is 5. The van der Waals surface area contributed by atoms with Crippen LogP contribution < -0.4 is 11.1 Å². The number of thioether (sulfide) groups is 1. The molecule has 3 unspecified atom stereocenters. The number of unbranched alkanes of at least 4 members (excludes halogenated alkanes) is 8. The van der Waals surface area contributed by atoms with Crippen molar-refractivity contribution in [3.05, 3.63) is 12.2 Å². The topological polar surface area (TPSA) is 150 Å². The highest BCUT2D eigenvalue weighted by Gasteiger charge is 2.21. The first kappa shape index (κ1) is 29.4. The number of aliphatic hydroxyl groups excluding tert-OH is 1. The summed E-state index contributed by atoms with van der Waals surface area (Å²) in [6.45, 7) is 1.71. The third-order valence-corrected chi connectivity index (χ3v) is 6.21. The molecule has 0 aromatic rings. The van der Waals surface area contributed by atoms with Crippen LogP contribution in [0.25, 0.3) is 0 Å². The number of aliphatic carboxylic acids is 2. The largest absolute Gasteiger partial charge is 0.481 e. The molecule has 0 bridgehead atoms. The average Bonchev–Trinajstić information content (AvgIpc) is 2.73. The van der Waals surface area contributed by atoms with E-state index in [4.69, 9.17) is 15.9 Å². The van der Waals surface area contributed by atoms with Crippen molar-refractivity contribution in [2.75, 3.05) is 12.3 Å². The van der Waals surface area contributed by atoms with E-state index < -0.39 is 36.5 Å². The summed E-state index contributed by atoms with van der Waals surface area (Å²) < 4.78 is 0. The van der Waals surface area contributed by atoms with Crippen molar-refractivity contribution in [2.24, 2.45) is 5.73 Å². The van der Waals surface area contributed by atoms with Gasteiger partial charge in [0, 0.05) is 17.4 Å². The van der Waals surface area contributed by atoms with Crippen molar-refractivity contribution in [2.45, 2.75) is 94.9 Å². The third kappa shape index (κ3) is 17.8. The molecule has 31 heavy (non-hydrogen) atoms. The fourth-order valence-corrected chi connectivity index (χ4v) is 4.10. The molecule has 0 rings (SSSR count). The molecule has 3 atom stereocenters. The molecule has 0 saturated carbocycles. The number of carbonyl (C=O) groups excluding carboxylic acids is 1. The number of rotatable bonds is 20. The van der Waals surface area contributed by atoms with Crippen molar-refractivity contribution in [1.82, 2.24) is 5.32 Å². The number of carboxylic acid groups (broad SMARTS) is 2. The monoisotopic (exact) mass is 460 g/mol. The molecular weight excluding hydrogens is 420 g/mol. The maximum Gasteiger partial charge on any atom is 0.322 e. The smallest absolute Gasteiger partial charge is 0.322 e. The van der Waals surface area contributed by atoms with Crippen LogP contribution >= 0.6 is 11.8 Å². The highest BCUT2D eigenvalue weighted by Crippen LogP contribution is 2.21. The van der Waals surface area contributed by atoms with E-state index in [1.807, 2.05) is 12.2 Å². The van der Waals surface area contributed by atoms with Gasteiger partial charge in [0.25, 0.3) is 0 Å². The number of hydrogen-bond acceptors (Lipinski definition) is 6. The molecule has 180 valence electrons. The normalized spacial score (nSPS) is 14.3. The number of amides is 1. The number of nitrogens with one attached hydrogen (secondary N) is 1. The van der Waals surface area contributed by atoms with Crippen LogP contribution in [-0.2, 0) is 14.4 Å². The van der Waals surface area contributed by atoms with Gasteiger partial charge in [0.2, 0.25) is 5.91 Å². The zero-order valence-electron chi connectivity index (χ0n) is 18.6. The lowest BCUT2D eigenvalue weighted by Crippen LogP contribution is -2.44. The Morgan fingerprint density at radius 3 is 2.19 bits per heavy atom. The summed E-state index contributed by atoms with van der Waals surface area (Å²) in [7, 11) is 0.